The summed E-state index contributed by atoms with van der Waals surface area (Å²) in [6.07, 6.45) is 4.45. The Morgan fingerprint density at radius 1 is 1.42 bits per heavy atom. The van der Waals surface area contributed by atoms with Gasteiger partial charge < -0.3 is 4.74 Å². The molecule has 0 radical (unpaired) electrons. The van der Waals surface area contributed by atoms with Gasteiger partial charge in [-0.3, -0.25) is 5.01 Å². The molecule has 0 aliphatic carbocycles. The van der Waals surface area contributed by atoms with E-state index in [9.17, 15) is 0 Å². The van der Waals surface area contributed by atoms with Crippen molar-refractivity contribution >= 4 is 18.0 Å². The molecule has 0 bridgehead atoms. The molecule has 1 fully saturated rings. The van der Waals surface area contributed by atoms with Gasteiger partial charge in [0, 0.05) is 31.4 Å². The van der Waals surface area contributed by atoms with E-state index < -0.39 is 0 Å². The number of nitrogens with zero attached hydrogens (tertiary/aromatic N) is 2. The second kappa shape index (κ2) is 8.23. The number of hydrazone groups is 1. The third-order valence-corrected chi connectivity index (χ3v) is 4.16. The van der Waals surface area contributed by atoms with Crippen LogP contribution in [0.25, 0.3) is 0 Å². The first kappa shape index (κ1) is 14.4. The van der Waals surface area contributed by atoms with Crippen molar-refractivity contribution in [3.05, 3.63) is 35.9 Å². The largest absolute Gasteiger partial charge is 0.382 e. The highest BCUT2D eigenvalue weighted by atomic mass is 32.2. The minimum absolute atomic E-state index is 0.473. The minimum atomic E-state index is 0.473. The van der Waals surface area contributed by atoms with Gasteiger partial charge in [-0.25, -0.2) is 0 Å². The lowest BCUT2D eigenvalue weighted by atomic mass is 10.2. The maximum absolute atomic E-state index is 5.22. The van der Waals surface area contributed by atoms with Gasteiger partial charge in [0.05, 0.1) is 12.6 Å². The average molecular weight is 278 g/mol. The Kier molecular flexibility index (Phi) is 6.24. The molecule has 0 aromatic heterocycles. The quantitative estimate of drug-likeness (QED) is 0.566. The van der Waals surface area contributed by atoms with Crippen LogP contribution in [0.4, 0.5) is 0 Å². The molecule has 0 unspecified atom stereocenters. The van der Waals surface area contributed by atoms with Crippen molar-refractivity contribution in [2.24, 2.45) is 5.10 Å². The van der Waals surface area contributed by atoms with Gasteiger partial charge in [-0.15, -0.1) is 0 Å². The van der Waals surface area contributed by atoms with Crippen molar-refractivity contribution < 1.29 is 4.74 Å². The Balaban J connectivity index is 1.66. The van der Waals surface area contributed by atoms with Crippen LogP contribution in [0.15, 0.2) is 35.4 Å². The minimum Gasteiger partial charge on any atom is -0.382 e. The molecule has 1 atom stereocenters. The number of hydrogen-bond acceptors (Lipinski definition) is 4. The standard InChI is InChI=1S/C15H22N2OS/c1-18-12-15-8-5-10-17(15)16-9-11-19-13-14-6-3-2-4-7-14/h2-4,6-7,9,15H,5,8,10-13H2,1H3/b16-9+/t15-/m0/s1. The van der Waals surface area contributed by atoms with Crippen molar-refractivity contribution in [2.45, 2.75) is 24.6 Å². The summed E-state index contributed by atoms with van der Waals surface area (Å²) in [4.78, 5) is 0. The molecule has 0 amide bonds. The second-order valence-corrected chi connectivity index (χ2v) is 5.74. The van der Waals surface area contributed by atoms with Gasteiger partial charge in [-0.1, -0.05) is 30.3 Å². The second-order valence-electron chi connectivity index (χ2n) is 4.71. The molecule has 1 aliphatic rings. The predicted molar refractivity (Wildman–Crippen MR) is 82.7 cm³/mol. The lowest BCUT2D eigenvalue weighted by Crippen LogP contribution is -2.28. The first-order valence-corrected chi connectivity index (χ1v) is 7.95. The van der Waals surface area contributed by atoms with Crippen LogP contribution in [0.2, 0.25) is 0 Å². The third-order valence-electron chi connectivity index (χ3n) is 3.24. The van der Waals surface area contributed by atoms with Crippen LogP contribution in [0, 0.1) is 0 Å². The van der Waals surface area contributed by atoms with Gasteiger partial charge in [-0.2, -0.15) is 16.9 Å². The fourth-order valence-corrected chi connectivity index (χ4v) is 2.99. The molecular formula is C15H22N2OS. The van der Waals surface area contributed by atoms with Crippen molar-refractivity contribution in [3.63, 3.8) is 0 Å². The maximum Gasteiger partial charge on any atom is 0.0704 e. The summed E-state index contributed by atoms with van der Waals surface area (Å²) < 4.78 is 5.22. The smallest absolute Gasteiger partial charge is 0.0704 e. The van der Waals surface area contributed by atoms with Crippen molar-refractivity contribution in [1.82, 2.24) is 5.01 Å². The zero-order valence-corrected chi connectivity index (χ0v) is 12.3. The normalized spacial score (nSPS) is 19.4. The van der Waals surface area contributed by atoms with E-state index in [1.54, 1.807) is 7.11 Å². The highest BCUT2D eigenvalue weighted by Crippen LogP contribution is 2.17. The van der Waals surface area contributed by atoms with Gasteiger partial charge in [0.1, 0.15) is 0 Å². The molecular weight excluding hydrogens is 256 g/mol. The van der Waals surface area contributed by atoms with Crippen LogP contribution in [0.5, 0.6) is 0 Å². The summed E-state index contributed by atoms with van der Waals surface area (Å²) in [7, 11) is 1.76. The topological polar surface area (TPSA) is 24.8 Å². The van der Waals surface area contributed by atoms with Gasteiger partial charge in [0.2, 0.25) is 0 Å². The molecule has 19 heavy (non-hydrogen) atoms. The molecule has 2 rings (SSSR count). The van der Waals surface area contributed by atoms with E-state index in [0.29, 0.717) is 6.04 Å². The van der Waals surface area contributed by atoms with Crippen LogP contribution in [-0.2, 0) is 10.5 Å². The lowest BCUT2D eigenvalue weighted by Gasteiger charge is -2.20. The molecule has 104 valence electrons. The van der Waals surface area contributed by atoms with Gasteiger partial charge in [-0.05, 0) is 18.4 Å². The van der Waals surface area contributed by atoms with Crippen molar-refractivity contribution in [3.8, 4) is 0 Å². The SMILES string of the molecule is COC[C@@H]1CCCN1/N=C/CSCc1ccccc1. The fraction of sp³-hybridized carbons (Fsp3) is 0.533. The number of thioether (sulfide) groups is 1. The van der Waals surface area contributed by atoms with Crippen LogP contribution in [-0.4, -0.2) is 43.3 Å². The molecule has 1 heterocycles. The van der Waals surface area contributed by atoms with Crippen LogP contribution in [0.1, 0.15) is 18.4 Å². The summed E-state index contributed by atoms with van der Waals surface area (Å²) in [6, 6.07) is 11.0. The van der Waals surface area contributed by atoms with E-state index in [1.165, 1.54) is 18.4 Å². The summed E-state index contributed by atoms with van der Waals surface area (Å²) in [5.41, 5.74) is 1.37. The Labute approximate surface area is 120 Å². The Morgan fingerprint density at radius 3 is 3.05 bits per heavy atom. The number of ether oxygens (including phenoxy) is 1. The van der Waals surface area contributed by atoms with E-state index >= 15 is 0 Å². The number of rotatable bonds is 7. The number of hydrogen-bond donors (Lipinski definition) is 0. The molecule has 3 nitrogen and oxygen atoms in total. The molecule has 1 aromatic rings. The third kappa shape index (κ3) is 4.88. The zero-order valence-electron chi connectivity index (χ0n) is 11.5. The Morgan fingerprint density at radius 2 is 2.26 bits per heavy atom. The summed E-state index contributed by atoms with van der Waals surface area (Å²) in [5, 5.41) is 6.74. The van der Waals surface area contributed by atoms with E-state index in [0.717, 1.165) is 24.7 Å². The van der Waals surface area contributed by atoms with E-state index in [2.05, 4.69) is 40.4 Å². The van der Waals surface area contributed by atoms with Gasteiger partial charge in [0.25, 0.3) is 0 Å². The number of methoxy groups -OCH3 is 1. The Hall–Kier alpha value is -1.00. The molecule has 0 spiro atoms. The fourth-order valence-electron chi connectivity index (χ4n) is 2.28. The summed E-state index contributed by atoms with van der Waals surface area (Å²) >= 11 is 1.90. The van der Waals surface area contributed by atoms with Crippen LogP contribution >= 0.6 is 11.8 Å². The Bertz CT molecular complexity index is 383. The maximum atomic E-state index is 5.22. The monoisotopic (exact) mass is 278 g/mol. The molecule has 0 saturated carbocycles. The van der Waals surface area contributed by atoms with Gasteiger partial charge in [0.15, 0.2) is 0 Å². The summed E-state index contributed by atoms with van der Waals surface area (Å²) in [6.45, 7) is 1.85. The highest BCUT2D eigenvalue weighted by molar-refractivity contribution is 7.99. The summed E-state index contributed by atoms with van der Waals surface area (Å²) in [5.74, 6) is 2.01. The van der Waals surface area contributed by atoms with E-state index in [1.807, 2.05) is 18.0 Å². The lowest BCUT2D eigenvalue weighted by molar-refractivity contribution is 0.118. The average Bonchev–Trinajstić information content (AvgIpc) is 2.88. The predicted octanol–water partition coefficient (Wildman–Crippen LogP) is 3.02. The molecule has 1 aromatic carbocycles. The van der Waals surface area contributed by atoms with Gasteiger partial charge >= 0.3 is 0 Å². The number of benzene rings is 1. The van der Waals surface area contributed by atoms with Crippen LogP contribution in [0.3, 0.4) is 0 Å². The van der Waals surface area contributed by atoms with E-state index in [-0.39, 0.29) is 0 Å². The first-order valence-electron chi connectivity index (χ1n) is 6.80. The van der Waals surface area contributed by atoms with Crippen LogP contribution < -0.4 is 0 Å². The molecule has 0 N–H and O–H groups in total. The molecule has 4 heteroatoms. The first-order chi connectivity index (χ1) is 9.40. The molecule has 1 saturated heterocycles. The van der Waals surface area contributed by atoms with E-state index in [4.69, 9.17) is 4.74 Å². The van der Waals surface area contributed by atoms with Crippen molar-refractivity contribution in [1.29, 1.82) is 0 Å². The van der Waals surface area contributed by atoms with Crippen molar-refractivity contribution in [2.75, 3.05) is 26.0 Å². The zero-order chi connectivity index (χ0) is 13.3. The molecule has 1 aliphatic heterocycles. The highest BCUT2D eigenvalue weighted by Gasteiger charge is 2.22.